The van der Waals surface area contributed by atoms with Gasteiger partial charge in [-0.15, -0.1) is 0 Å². The second-order valence-corrected chi connectivity index (χ2v) is 13.3. The zero-order valence-corrected chi connectivity index (χ0v) is 27.5. The molecule has 2 saturated heterocycles. The minimum atomic E-state index is -0.124. The van der Waals surface area contributed by atoms with Gasteiger partial charge in [-0.2, -0.15) is 0 Å². The molecule has 43 heavy (non-hydrogen) atoms. The third-order valence-corrected chi connectivity index (χ3v) is 9.55. The van der Waals surface area contributed by atoms with Crippen molar-refractivity contribution in [3.63, 3.8) is 0 Å². The number of nitrogens with one attached hydrogen (secondary N) is 1. The third-order valence-electron chi connectivity index (χ3n) is 8.93. The standard InChI is InChI=1S/C35H41ClN6S/c1-22-17-23(2)21-40(20-22)32-15-14-28(19-30(32)36)42-34(33(38-35(42)43)31-9-7-8-16-37-31)29-18-24(3)41(25(29)4)27-12-10-26(11-13-27)39(5)6/h7-16,18-19,22-23,33-34H,17,20-21H2,1-6H3,(H,38,43). The van der Waals surface area contributed by atoms with Gasteiger partial charge >= 0.3 is 0 Å². The van der Waals surface area contributed by atoms with E-state index >= 15 is 0 Å². The number of aryl methyl sites for hydroxylation is 1. The molecule has 6 nitrogen and oxygen atoms in total. The Kier molecular flexibility index (Phi) is 8.14. The van der Waals surface area contributed by atoms with E-state index in [2.05, 4.69) is 121 Å². The Hall–Kier alpha value is -3.55. The molecule has 4 atom stereocenters. The molecule has 8 heteroatoms. The fourth-order valence-corrected chi connectivity index (χ4v) is 7.74. The summed E-state index contributed by atoms with van der Waals surface area (Å²) in [5.74, 6) is 1.29. The molecular weight excluding hydrogens is 572 g/mol. The highest BCUT2D eigenvalue weighted by Crippen LogP contribution is 2.45. The van der Waals surface area contributed by atoms with Crippen LogP contribution in [0.1, 0.15) is 55.0 Å². The molecule has 4 aromatic rings. The van der Waals surface area contributed by atoms with Crippen LogP contribution in [-0.4, -0.2) is 41.8 Å². The molecule has 0 spiro atoms. The van der Waals surface area contributed by atoms with Gasteiger partial charge in [0, 0.05) is 61.8 Å². The largest absolute Gasteiger partial charge is 0.378 e. The van der Waals surface area contributed by atoms with Crippen molar-refractivity contribution in [2.45, 2.75) is 46.2 Å². The highest BCUT2D eigenvalue weighted by Gasteiger charge is 2.42. The predicted molar refractivity (Wildman–Crippen MR) is 184 cm³/mol. The van der Waals surface area contributed by atoms with E-state index in [0.29, 0.717) is 16.9 Å². The molecule has 0 amide bonds. The number of hydrogen-bond donors (Lipinski definition) is 1. The van der Waals surface area contributed by atoms with Crippen molar-refractivity contribution in [1.29, 1.82) is 0 Å². The number of pyridine rings is 1. The van der Waals surface area contributed by atoms with Crippen molar-refractivity contribution in [2.75, 3.05) is 41.9 Å². The van der Waals surface area contributed by atoms with Crippen LogP contribution in [-0.2, 0) is 0 Å². The molecule has 0 saturated carbocycles. The maximum absolute atomic E-state index is 7.06. The summed E-state index contributed by atoms with van der Waals surface area (Å²) in [6.07, 6.45) is 3.11. The van der Waals surface area contributed by atoms with E-state index in [1.807, 2.05) is 18.3 Å². The molecule has 4 heterocycles. The van der Waals surface area contributed by atoms with E-state index in [4.69, 9.17) is 28.8 Å². The first-order valence-electron chi connectivity index (χ1n) is 15.1. The molecule has 4 unspecified atom stereocenters. The molecule has 6 rings (SSSR count). The predicted octanol–water partition coefficient (Wildman–Crippen LogP) is 7.87. The van der Waals surface area contributed by atoms with Crippen molar-refractivity contribution in [3.8, 4) is 5.69 Å². The van der Waals surface area contributed by atoms with Gasteiger partial charge in [0.05, 0.1) is 28.5 Å². The molecular formula is C35H41ClN6S. The zero-order chi connectivity index (χ0) is 30.4. The minimum Gasteiger partial charge on any atom is -0.378 e. The number of benzene rings is 2. The summed E-state index contributed by atoms with van der Waals surface area (Å²) >= 11 is 13.1. The monoisotopic (exact) mass is 612 g/mol. The van der Waals surface area contributed by atoms with E-state index in [0.717, 1.165) is 40.9 Å². The average molecular weight is 613 g/mol. The summed E-state index contributed by atoms with van der Waals surface area (Å²) in [5.41, 5.74) is 8.89. The molecule has 1 N–H and O–H groups in total. The fraction of sp³-hybridized carbons (Fsp3) is 0.371. The Labute approximate surface area is 266 Å². The topological polar surface area (TPSA) is 39.6 Å². The van der Waals surface area contributed by atoms with E-state index in [1.165, 1.54) is 29.1 Å². The van der Waals surface area contributed by atoms with Crippen LogP contribution in [0.3, 0.4) is 0 Å². The molecule has 224 valence electrons. The second-order valence-electron chi connectivity index (χ2n) is 12.6. The summed E-state index contributed by atoms with van der Waals surface area (Å²) in [5, 5.41) is 5.05. The molecule has 2 aromatic carbocycles. The summed E-state index contributed by atoms with van der Waals surface area (Å²) < 4.78 is 2.33. The molecule has 2 aliphatic heterocycles. The summed E-state index contributed by atoms with van der Waals surface area (Å²) in [4.78, 5) is 11.5. The van der Waals surface area contributed by atoms with Gasteiger partial charge in [-0.05, 0) is 111 Å². The van der Waals surface area contributed by atoms with Crippen LogP contribution < -0.4 is 20.0 Å². The first-order valence-corrected chi connectivity index (χ1v) is 15.9. The zero-order valence-electron chi connectivity index (χ0n) is 25.9. The Balaban J connectivity index is 1.42. The van der Waals surface area contributed by atoms with Gasteiger partial charge in [0.15, 0.2) is 5.11 Å². The number of nitrogens with zero attached hydrogens (tertiary/aromatic N) is 5. The fourth-order valence-electron chi connectivity index (χ4n) is 7.09. The van der Waals surface area contributed by atoms with Gasteiger partial charge in [-0.3, -0.25) is 4.98 Å². The van der Waals surface area contributed by atoms with Crippen LogP contribution in [0.4, 0.5) is 17.1 Å². The Morgan fingerprint density at radius 2 is 1.63 bits per heavy atom. The van der Waals surface area contributed by atoms with Crippen LogP contribution in [0.15, 0.2) is 72.9 Å². The number of hydrogen-bond acceptors (Lipinski definition) is 4. The average Bonchev–Trinajstić information content (AvgIpc) is 3.47. The van der Waals surface area contributed by atoms with Gasteiger partial charge in [0.1, 0.15) is 0 Å². The third kappa shape index (κ3) is 5.61. The lowest BCUT2D eigenvalue weighted by Gasteiger charge is -2.37. The second kappa shape index (κ2) is 11.9. The normalized spacial score (nSPS) is 22.2. The lowest BCUT2D eigenvalue weighted by Crippen LogP contribution is -2.38. The Bertz CT molecular complexity index is 1610. The van der Waals surface area contributed by atoms with Gasteiger partial charge < -0.3 is 24.6 Å². The smallest absolute Gasteiger partial charge is 0.174 e. The minimum absolute atomic E-state index is 0.111. The summed E-state index contributed by atoms with van der Waals surface area (Å²) in [7, 11) is 4.13. The van der Waals surface area contributed by atoms with Crippen molar-refractivity contribution in [2.24, 2.45) is 11.8 Å². The van der Waals surface area contributed by atoms with Gasteiger partial charge in [0.2, 0.25) is 0 Å². The van der Waals surface area contributed by atoms with E-state index in [-0.39, 0.29) is 12.1 Å². The number of rotatable bonds is 6. The lowest BCUT2D eigenvalue weighted by molar-refractivity contribution is 0.357. The molecule has 0 aliphatic carbocycles. The Morgan fingerprint density at radius 3 is 2.26 bits per heavy atom. The highest BCUT2D eigenvalue weighted by molar-refractivity contribution is 7.80. The molecule has 2 aromatic heterocycles. The van der Waals surface area contributed by atoms with Crippen molar-refractivity contribution in [3.05, 3.63) is 101 Å². The number of piperidine rings is 1. The first kappa shape index (κ1) is 29.5. The molecule has 0 radical (unpaired) electrons. The van der Waals surface area contributed by atoms with Crippen LogP contribution in [0.25, 0.3) is 5.69 Å². The highest BCUT2D eigenvalue weighted by atomic mass is 35.5. The SMILES string of the molecule is Cc1cc(C2C(c3ccccn3)NC(=S)N2c2ccc(N3CC(C)CC(C)C3)c(Cl)c2)c(C)n1-c1ccc(N(C)C)cc1. The van der Waals surface area contributed by atoms with E-state index in [9.17, 15) is 0 Å². The number of halogens is 1. The summed E-state index contributed by atoms with van der Waals surface area (Å²) in [6, 6.07) is 23.3. The number of anilines is 3. The van der Waals surface area contributed by atoms with Gasteiger partial charge in [-0.1, -0.05) is 31.5 Å². The number of thiocarbonyl (C=S) groups is 1. The van der Waals surface area contributed by atoms with E-state index < -0.39 is 0 Å². The maximum atomic E-state index is 7.06. The van der Waals surface area contributed by atoms with Crippen LogP contribution >= 0.6 is 23.8 Å². The van der Waals surface area contributed by atoms with Crippen molar-refractivity contribution < 1.29 is 0 Å². The molecule has 2 fully saturated rings. The van der Waals surface area contributed by atoms with Crippen LogP contribution in [0.5, 0.6) is 0 Å². The van der Waals surface area contributed by atoms with Crippen LogP contribution in [0, 0.1) is 25.7 Å². The molecule has 2 aliphatic rings. The Morgan fingerprint density at radius 1 is 0.930 bits per heavy atom. The maximum Gasteiger partial charge on any atom is 0.174 e. The quantitative estimate of drug-likeness (QED) is 0.223. The van der Waals surface area contributed by atoms with E-state index in [1.54, 1.807) is 0 Å². The lowest BCUT2D eigenvalue weighted by atomic mass is 9.91. The summed E-state index contributed by atoms with van der Waals surface area (Å²) in [6.45, 7) is 11.1. The van der Waals surface area contributed by atoms with Crippen molar-refractivity contribution in [1.82, 2.24) is 14.9 Å². The van der Waals surface area contributed by atoms with Gasteiger partial charge in [0.25, 0.3) is 0 Å². The van der Waals surface area contributed by atoms with Crippen molar-refractivity contribution >= 4 is 46.0 Å². The first-order chi connectivity index (χ1) is 20.6. The number of aromatic nitrogens is 2. The van der Waals surface area contributed by atoms with Gasteiger partial charge in [-0.25, -0.2) is 0 Å². The van der Waals surface area contributed by atoms with Crippen LogP contribution in [0.2, 0.25) is 5.02 Å². The molecule has 0 bridgehead atoms.